The third kappa shape index (κ3) is 2.85. The van der Waals surface area contributed by atoms with E-state index in [2.05, 4.69) is 33.0 Å². The van der Waals surface area contributed by atoms with Crippen molar-refractivity contribution in [3.05, 3.63) is 70.5 Å². The number of benzene rings is 2. The molecule has 106 valence electrons. The van der Waals surface area contributed by atoms with Crippen LogP contribution in [0.4, 0.5) is 5.82 Å². The molecule has 3 rings (SSSR count). The molecule has 3 aromatic rings. The van der Waals surface area contributed by atoms with E-state index >= 15 is 0 Å². The number of anilines is 1. The molecule has 0 saturated heterocycles. The Balaban J connectivity index is 2.01. The lowest BCUT2D eigenvalue weighted by atomic mass is 10.1. The van der Waals surface area contributed by atoms with E-state index in [1.165, 1.54) is 5.56 Å². The molecule has 3 nitrogen and oxygen atoms in total. The predicted octanol–water partition coefficient (Wildman–Crippen LogP) is 4.25. The summed E-state index contributed by atoms with van der Waals surface area (Å²) in [6.07, 6.45) is 0. The van der Waals surface area contributed by atoms with Gasteiger partial charge in [-0.3, -0.25) is 0 Å². The second-order valence-electron chi connectivity index (χ2n) is 4.97. The Kier molecular flexibility index (Phi) is 3.80. The van der Waals surface area contributed by atoms with E-state index in [9.17, 15) is 0 Å². The van der Waals surface area contributed by atoms with Crippen LogP contribution in [-0.2, 0) is 6.54 Å². The van der Waals surface area contributed by atoms with Crippen molar-refractivity contribution in [1.29, 1.82) is 0 Å². The normalized spacial score (nSPS) is 10.8. The fourth-order valence-electron chi connectivity index (χ4n) is 2.40. The average molecular weight is 342 g/mol. The molecule has 0 amide bonds. The maximum atomic E-state index is 6.32. The van der Waals surface area contributed by atoms with Gasteiger partial charge < -0.3 is 10.3 Å². The molecule has 21 heavy (non-hydrogen) atoms. The van der Waals surface area contributed by atoms with Gasteiger partial charge in [0.25, 0.3) is 0 Å². The smallest absolute Gasteiger partial charge is 0.132 e. The van der Waals surface area contributed by atoms with Crippen molar-refractivity contribution >= 4 is 21.7 Å². The van der Waals surface area contributed by atoms with E-state index in [0.717, 1.165) is 28.1 Å². The summed E-state index contributed by atoms with van der Waals surface area (Å²) in [5, 5.41) is 0. The van der Waals surface area contributed by atoms with Crippen LogP contribution in [0, 0.1) is 6.92 Å². The lowest BCUT2D eigenvalue weighted by Crippen LogP contribution is -2.06. The molecule has 1 aromatic heterocycles. The zero-order valence-corrected chi connectivity index (χ0v) is 13.3. The van der Waals surface area contributed by atoms with Gasteiger partial charge in [-0.05, 0) is 24.6 Å². The van der Waals surface area contributed by atoms with Crippen LogP contribution in [0.25, 0.3) is 11.3 Å². The summed E-state index contributed by atoms with van der Waals surface area (Å²) in [4.78, 5) is 4.63. The van der Waals surface area contributed by atoms with E-state index in [0.29, 0.717) is 5.82 Å². The Morgan fingerprint density at radius 1 is 1.10 bits per heavy atom. The van der Waals surface area contributed by atoms with Crippen molar-refractivity contribution in [2.24, 2.45) is 0 Å². The van der Waals surface area contributed by atoms with Crippen LogP contribution < -0.4 is 5.73 Å². The number of imidazole rings is 1. The highest BCUT2D eigenvalue weighted by Gasteiger charge is 2.14. The number of hydrogen-bond donors (Lipinski definition) is 1. The Bertz CT molecular complexity index is 763. The average Bonchev–Trinajstić information content (AvgIpc) is 2.76. The van der Waals surface area contributed by atoms with Gasteiger partial charge in [-0.25, -0.2) is 4.98 Å². The summed E-state index contributed by atoms with van der Waals surface area (Å²) in [5.74, 6) is 1.63. The number of hydrogen-bond acceptors (Lipinski definition) is 2. The molecule has 0 saturated carbocycles. The van der Waals surface area contributed by atoms with Gasteiger partial charge in [0.05, 0.1) is 6.54 Å². The van der Waals surface area contributed by atoms with Crippen LogP contribution in [0.5, 0.6) is 0 Å². The Labute approximate surface area is 132 Å². The molecule has 0 aliphatic heterocycles. The van der Waals surface area contributed by atoms with Crippen molar-refractivity contribution in [3.8, 4) is 11.3 Å². The van der Waals surface area contributed by atoms with E-state index in [4.69, 9.17) is 5.73 Å². The lowest BCUT2D eigenvalue weighted by molar-refractivity contribution is 0.771. The molecular formula is C17H16BrN3. The molecule has 0 bridgehead atoms. The van der Waals surface area contributed by atoms with Gasteiger partial charge in [0.1, 0.15) is 17.3 Å². The summed E-state index contributed by atoms with van der Waals surface area (Å²) < 4.78 is 3.07. The molecule has 2 N–H and O–H groups in total. The second kappa shape index (κ2) is 5.74. The van der Waals surface area contributed by atoms with Crippen LogP contribution >= 0.6 is 15.9 Å². The Morgan fingerprint density at radius 2 is 1.86 bits per heavy atom. The van der Waals surface area contributed by atoms with E-state index < -0.39 is 0 Å². The van der Waals surface area contributed by atoms with E-state index in [1.54, 1.807) is 0 Å². The van der Waals surface area contributed by atoms with Gasteiger partial charge in [-0.2, -0.15) is 0 Å². The van der Waals surface area contributed by atoms with Gasteiger partial charge >= 0.3 is 0 Å². The lowest BCUT2D eigenvalue weighted by Gasteiger charge is -2.08. The number of aromatic nitrogens is 2. The number of nitrogens with two attached hydrogens (primary N) is 1. The van der Waals surface area contributed by atoms with Gasteiger partial charge in [0.2, 0.25) is 0 Å². The first kappa shape index (κ1) is 13.9. The molecule has 0 unspecified atom stereocenters. The van der Waals surface area contributed by atoms with Crippen LogP contribution in [0.2, 0.25) is 0 Å². The molecule has 0 fully saturated rings. The molecule has 0 atom stereocenters. The molecule has 0 aliphatic carbocycles. The number of nitrogens with zero attached hydrogens (tertiary/aromatic N) is 2. The third-order valence-electron chi connectivity index (χ3n) is 3.48. The molecule has 2 aromatic carbocycles. The third-order valence-corrected chi connectivity index (χ3v) is 3.97. The molecule has 0 radical (unpaired) electrons. The predicted molar refractivity (Wildman–Crippen MR) is 90.1 cm³/mol. The molecule has 1 heterocycles. The highest BCUT2D eigenvalue weighted by atomic mass is 79.9. The second-order valence-corrected chi connectivity index (χ2v) is 5.89. The largest absolute Gasteiger partial charge is 0.383 e. The molecular weight excluding hydrogens is 326 g/mol. The minimum atomic E-state index is 0.703. The first-order chi connectivity index (χ1) is 10.1. The van der Waals surface area contributed by atoms with Crippen LogP contribution in [0.1, 0.15) is 11.4 Å². The summed E-state index contributed by atoms with van der Waals surface area (Å²) in [6, 6.07) is 18.3. The molecule has 0 spiro atoms. The highest BCUT2D eigenvalue weighted by Crippen LogP contribution is 2.28. The van der Waals surface area contributed by atoms with Crippen molar-refractivity contribution in [2.75, 3.05) is 5.73 Å². The minimum Gasteiger partial charge on any atom is -0.383 e. The Hall–Kier alpha value is -2.07. The van der Waals surface area contributed by atoms with E-state index in [-0.39, 0.29) is 0 Å². The zero-order valence-electron chi connectivity index (χ0n) is 11.8. The number of rotatable bonds is 3. The first-order valence-corrected chi connectivity index (χ1v) is 7.57. The molecule has 4 heteroatoms. The zero-order chi connectivity index (χ0) is 14.8. The Morgan fingerprint density at radius 3 is 2.57 bits per heavy atom. The summed E-state index contributed by atoms with van der Waals surface area (Å²) >= 11 is 3.49. The van der Waals surface area contributed by atoms with Gasteiger partial charge in [0.15, 0.2) is 0 Å². The van der Waals surface area contributed by atoms with Crippen molar-refractivity contribution in [1.82, 2.24) is 9.55 Å². The van der Waals surface area contributed by atoms with Crippen molar-refractivity contribution in [2.45, 2.75) is 13.5 Å². The summed E-state index contributed by atoms with van der Waals surface area (Å²) in [7, 11) is 0. The van der Waals surface area contributed by atoms with Crippen LogP contribution in [-0.4, -0.2) is 9.55 Å². The van der Waals surface area contributed by atoms with Crippen molar-refractivity contribution in [3.63, 3.8) is 0 Å². The number of aryl methyl sites for hydroxylation is 1. The topological polar surface area (TPSA) is 43.8 Å². The maximum absolute atomic E-state index is 6.32. The van der Waals surface area contributed by atoms with Crippen LogP contribution in [0.15, 0.2) is 59.1 Å². The first-order valence-electron chi connectivity index (χ1n) is 6.77. The number of nitrogen functional groups attached to an aromatic ring is 1. The SMILES string of the molecule is Cc1nc(-c2cccc(Br)c2)c(N)n1Cc1ccccc1. The van der Waals surface area contributed by atoms with Gasteiger partial charge in [0, 0.05) is 10.0 Å². The summed E-state index contributed by atoms with van der Waals surface area (Å²) in [6.45, 7) is 2.72. The highest BCUT2D eigenvalue weighted by molar-refractivity contribution is 9.10. The number of halogens is 1. The van der Waals surface area contributed by atoms with Gasteiger partial charge in [-0.15, -0.1) is 0 Å². The van der Waals surface area contributed by atoms with Gasteiger partial charge in [-0.1, -0.05) is 58.4 Å². The minimum absolute atomic E-state index is 0.703. The standard InChI is InChI=1S/C17H16BrN3/c1-12-20-16(14-8-5-9-15(18)10-14)17(19)21(12)11-13-6-3-2-4-7-13/h2-10H,11,19H2,1H3. The fourth-order valence-corrected chi connectivity index (χ4v) is 2.79. The quantitative estimate of drug-likeness (QED) is 0.773. The monoisotopic (exact) mass is 341 g/mol. The fraction of sp³-hybridized carbons (Fsp3) is 0.118. The van der Waals surface area contributed by atoms with Crippen molar-refractivity contribution < 1.29 is 0 Å². The molecule has 0 aliphatic rings. The van der Waals surface area contributed by atoms with E-state index in [1.807, 2.05) is 54.0 Å². The maximum Gasteiger partial charge on any atom is 0.132 e. The summed E-state index contributed by atoms with van der Waals surface area (Å²) in [5.41, 5.74) is 9.40. The van der Waals surface area contributed by atoms with Crippen LogP contribution in [0.3, 0.4) is 0 Å².